The Morgan fingerprint density at radius 3 is 2.62 bits per heavy atom. The average Bonchev–Trinajstić information content (AvgIpc) is 3.45. The topological polar surface area (TPSA) is 80.0 Å². The standard InChI is InChI=1S/C27H20ClNO5/c1-33-22-12-11-17(28)14-21(22)25(30)23-24(20-10-4-7-16-6-2-3-9-19(16)20)29(27(32)26(23)31)15-18-8-5-13-34-18/h2-14,24,30H,15H2,1H3/b25-23+. The highest BCUT2D eigenvalue weighted by atomic mass is 35.5. The number of carbonyl (C=O) groups excluding carboxylic acids is 2. The van der Waals surface area contributed by atoms with Gasteiger partial charge in [0, 0.05) is 5.02 Å². The zero-order chi connectivity index (χ0) is 23.8. The fraction of sp³-hybridized carbons (Fsp3) is 0.111. The van der Waals surface area contributed by atoms with E-state index in [9.17, 15) is 14.7 Å². The summed E-state index contributed by atoms with van der Waals surface area (Å²) in [6, 6.07) is 20.7. The lowest BCUT2D eigenvalue weighted by molar-refractivity contribution is -0.140. The summed E-state index contributed by atoms with van der Waals surface area (Å²) in [7, 11) is 1.46. The first-order valence-corrected chi connectivity index (χ1v) is 11.0. The van der Waals surface area contributed by atoms with Gasteiger partial charge in [-0.1, -0.05) is 54.1 Å². The van der Waals surface area contributed by atoms with E-state index in [1.807, 2.05) is 42.5 Å². The number of hydrogen-bond donors (Lipinski definition) is 1. The molecule has 7 heteroatoms. The number of ether oxygens (including phenoxy) is 1. The molecule has 1 atom stereocenters. The molecular formula is C27H20ClNO5. The van der Waals surface area contributed by atoms with E-state index in [0.717, 1.165) is 10.8 Å². The highest BCUT2D eigenvalue weighted by Crippen LogP contribution is 2.44. The molecule has 1 N–H and O–H groups in total. The van der Waals surface area contributed by atoms with E-state index in [1.54, 1.807) is 24.3 Å². The number of ketones is 1. The van der Waals surface area contributed by atoms with Crippen LogP contribution >= 0.6 is 11.6 Å². The third-order valence-electron chi connectivity index (χ3n) is 5.98. The third-order valence-corrected chi connectivity index (χ3v) is 6.22. The molecule has 170 valence electrons. The molecule has 1 aromatic heterocycles. The van der Waals surface area contributed by atoms with E-state index in [4.69, 9.17) is 20.8 Å². The molecule has 0 saturated carbocycles. The summed E-state index contributed by atoms with van der Waals surface area (Å²) in [4.78, 5) is 28.0. The van der Waals surface area contributed by atoms with E-state index in [-0.39, 0.29) is 23.4 Å². The quantitative estimate of drug-likeness (QED) is 0.228. The summed E-state index contributed by atoms with van der Waals surface area (Å²) in [6.07, 6.45) is 1.51. The summed E-state index contributed by atoms with van der Waals surface area (Å²) in [5, 5.41) is 13.6. The Morgan fingerprint density at radius 1 is 1.06 bits per heavy atom. The first kappa shape index (κ1) is 21.8. The van der Waals surface area contributed by atoms with Crippen LogP contribution in [0.4, 0.5) is 0 Å². The van der Waals surface area contributed by atoms with Crippen LogP contribution in [0.15, 0.2) is 89.0 Å². The average molecular weight is 474 g/mol. The lowest BCUT2D eigenvalue weighted by atomic mass is 9.91. The lowest BCUT2D eigenvalue weighted by Crippen LogP contribution is -2.29. The first-order chi connectivity index (χ1) is 16.5. The van der Waals surface area contributed by atoms with Crippen LogP contribution in [0.3, 0.4) is 0 Å². The van der Waals surface area contributed by atoms with Crippen molar-refractivity contribution >= 4 is 39.8 Å². The van der Waals surface area contributed by atoms with E-state index in [1.165, 1.54) is 24.3 Å². The van der Waals surface area contributed by atoms with Crippen molar-refractivity contribution in [2.45, 2.75) is 12.6 Å². The predicted octanol–water partition coefficient (Wildman–Crippen LogP) is 5.72. The second-order valence-electron chi connectivity index (χ2n) is 7.92. The molecule has 3 aromatic carbocycles. The number of benzene rings is 3. The molecule has 1 amide bonds. The zero-order valence-corrected chi connectivity index (χ0v) is 19.0. The van der Waals surface area contributed by atoms with E-state index < -0.39 is 17.7 Å². The molecule has 34 heavy (non-hydrogen) atoms. The van der Waals surface area contributed by atoms with Gasteiger partial charge >= 0.3 is 0 Å². The van der Waals surface area contributed by atoms with Crippen LogP contribution in [0.5, 0.6) is 5.75 Å². The number of carbonyl (C=O) groups is 2. The molecule has 0 aliphatic carbocycles. The summed E-state index contributed by atoms with van der Waals surface area (Å²) < 4.78 is 10.9. The van der Waals surface area contributed by atoms with Gasteiger partial charge < -0.3 is 19.2 Å². The smallest absolute Gasteiger partial charge is 0.296 e. The van der Waals surface area contributed by atoms with Gasteiger partial charge in [-0.2, -0.15) is 0 Å². The van der Waals surface area contributed by atoms with E-state index in [0.29, 0.717) is 22.1 Å². The Morgan fingerprint density at radius 2 is 1.85 bits per heavy atom. The van der Waals surface area contributed by atoms with Crippen LogP contribution in [-0.4, -0.2) is 28.8 Å². The maximum Gasteiger partial charge on any atom is 0.296 e. The van der Waals surface area contributed by atoms with E-state index >= 15 is 0 Å². The van der Waals surface area contributed by atoms with Gasteiger partial charge in [-0.25, -0.2) is 0 Å². The number of furan rings is 1. The minimum atomic E-state index is -0.847. The van der Waals surface area contributed by atoms with Crippen molar-refractivity contribution in [1.29, 1.82) is 0 Å². The molecule has 0 radical (unpaired) electrons. The van der Waals surface area contributed by atoms with Crippen LogP contribution in [0, 0.1) is 0 Å². The number of aliphatic hydroxyl groups is 1. The number of hydrogen-bond acceptors (Lipinski definition) is 5. The second-order valence-corrected chi connectivity index (χ2v) is 8.36. The van der Waals surface area contributed by atoms with Gasteiger partial charge in [0.25, 0.3) is 11.7 Å². The second kappa shape index (κ2) is 8.72. The molecule has 6 nitrogen and oxygen atoms in total. The number of halogens is 1. The maximum absolute atomic E-state index is 13.3. The molecular weight excluding hydrogens is 454 g/mol. The van der Waals surface area contributed by atoms with Crippen molar-refractivity contribution in [1.82, 2.24) is 4.90 Å². The highest BCUT2D eigenvalue weighted by molar-refractivity contribution is 6.46. The summed E-state index contributed by atoms with van der Waals surface area (Å²) in [5.74, 6) is -1.01. The Balaban J connectivity index is 1.77. The van der Waals surface area contributed by atoms with Crippen molar-refractivity contribution in [2.75, 3.05) is 7.11 Å². The summed E-state index contributed by atoms with van der Waals surface area (Å²) in [6.45, 7) is 0.0644. The molecule has 1 aliphatic heterocycles. The lowest BCUT2D eigenvalue weighted by Gasteiger charge is -2.26. The number of fused-ring (bicyclic) bond motifs is 1. The van der Waals surface area contributed by atoms with Crippen molar-refractivity contribution in [2.24, 2.45) is 0 Å². The largest absolute Gasteiger partial charge is 0.507 e. The SMILES string of the molecule is COc1ccc(Cl)cc1/C(O)=C1\C(=O)C(=O)N(Cc2ccco2)C1c1cccc2ccccc12. The van der Waals surface area contributed by atoms with Crippen LogP contribution in [0.1, 0.15) is 22.9 Å². The summed E-state index contributed by atoms with van der Waals surface area (Å²) in [5.41, 5.74) is 0.913. The predicted molar refractivity (Wildman–Crippen MR) is 129 cm³/mol. The van der Waals surface area contributed by atoms with Gasteiger partial charge in [0.1, 0.15) is 17.3 Å². The van der Waals surface area contributed by atoms with Crippen molar-refractivity contribution < 1.29 is 23.8 Å². The Bertz CT molecular complexity index is 1440. The first-order valence-electron chi connectivity index (χ1n) is 10.6. The minimum Gasteiger partial charge on any atom is -0.507 e. The minimum absolute atomic E-state index is 0.0338. The van der Waals surface area contributed by atoms with Gasteiger partial charge in [-0.3, -0.25) is 9.59 Å². The number of rotatable bonds is 5. The molecule has 1 unspecified atom stereocenters. The fourth-order valence-corrected chi connectivity index (χ4v) is 4.61. The molecule has 1 aliphatic rings. The number of Topliss-reactive ketones (excluding diaryl/α,β-unsaturated/α-hetero) is 1. The van der Waals surface area contributed by atoms with Gasteiger partial charge in [0.2, 0.25) is 0 Å². The zero-order valence-electron chi connectivity index (χ0n) is 18.2. The number of methoxy groups -OCH3 is 1. The van der Waals surface area contributed by atoms with Gasteiger partial charge in [0.05, 0.1) is 37.1 Å². The van der Waals surface area contributed by atoms with Crippen LogP contribution in [0.25, 0.3) is 16.5 Å². The normalized spacial score (nSPS) is 17.5. The molecule has 4 aromatic rings. The van der Waals surface area contributed by atoms with Crippen LogP contribution in [0.2, 0.25) is 5.02 Å². The van der Waals surface area contributed by atoms with Gasteiger partial charge in [-0.15, -0.1) is 0 Å². The molecule has 0 bridgehead atoms. The van der Waals surface area contributed by atoms with Gasteiger partial charge in [0.15, 0.2) is 0 Å². The van der Waals surface area contributed by atoms with Gasteiger partial charge in [-0.05, 0) is 46.7 Å². The Labute approximate surface area is 200 Å². The Kier molecular flexibility index (Phi) is 5.59. The summed E-state index contributed by atoms with van der Waals surface area (Å²) >= 11 is 6.18. The number of aliphatic hydroxyl groups excluding tert-OH is 1. The third kappa shape index (κ3) is 3.62. The van der Waals surface area contributed by atoms with Crippen LogP contribution < -0.4 is 4.74 Å². The van der Waals surface area contributed by atoms with Crippen molar-refractivity contribution in [3.63, 3.8) is 0 Å². The van der Waals surface area contributed by atoms with Crippen LogP contribution in [-0.2, 0) is 16.1 Å². The van der Waals surface area contributed by atoms with Crippen molar-refractivity contribution in [3.05, 3.63) is 107 Å². The number of nitrogens with zero attached hydrogens (tertiary/aromatic N) is 1. The molecule has 0 spiro atoms. The highest BCUT2D eigenvalue weighted by Gasteiger charge is 2.47. The fourth-order valence-electron chi connectivity index (χ4n) is 4.44. The molecule has 5 rings (SSSR count). The maximum atomic E-state index is 13.3. The number of likely N-dealkylation sites (tertiary alicyclic amines) is 1. The van der Waals surface area contributed by atoms with Crippen molar-refractivity contribution in [3.8, 4) is 5.75 Å². The monoisotopic (exact) mass is 473 g/mol. The Hall–Kier alpha value is -4.03. The molecule has 1 saturated heterocycles. The van der Waals surface area contributed by atoms with E-state index in [2.05, 4.69) is 0 Å². The molecule has 2 heterocycles. The molecule has 1 fully saturated rings. The number of amides is 1.